The van der Waals surface area contributed by atoms with Crippen molar-refractivity contribution in [3.63, 3.8) is 0 Å². The predicted molar refractivity (Wildman–Crippen MR) is 82.1 cm³/mol. The molecule has 3 nitrogen and oxygen atoms in total. The molecule has 1 aromatic carbocycles. The van der Waals surface area contributed by atoms with Crippen LogP contribution in [0, 0.1) is 13.8 Å². The highest BCUT2D eigenvalue weighted by Gasteiger charge is 2.20. The molecule has 1 aromatic heterocycles. The van der Waals surface area contributed by atoms with Crippen LogP contribution < -0.4 is 10.5 Å². The molecule has 0 amide bonds. The van der Waals surface area contributed by atoms with Gasteiger partial charge in [0.15, 0.2) is 0 Å². The number of pyridine rings is 1. The van der Waals surface area contributed by atoms with Gasteiger partial charge < -0.3 is 10.5 Å². The minimum absolute atomic E-state index is 0.262. The van der Waals surface area contributed by atoms with Crippen LogP contribution in [-0.2, 0) is 6.42 Å². The van der Waals surface area contributed by atoms with Gasteiger partial charge in [0.25, 0.3) is 0 Å². The fourth-order valence-electron chi connectivity index (χ4n) is 2.67. The molecule has 1 unspecified atom stereocenters. The molecule has 0 aliphatic heterocycles. The minimum atomic E-state index is -0.262. The van der Waals surface area contributed by atoms with E-state index in [4.69, 9.17) is 10.5 Å². The van der Waals surface area contributed by atoms with Crippen molar-refractivity contribution in [2.75, 3.05) is 7.11 Å². The Morgan fingerprint density at radius 2 is 2.05 bits per heavy atom. The van der Waals surface area contributed by atoms with Crippen LogP contribution in [0.3, 0.4) is 0 Å². The van der Waals surface area contributed by atoms with Gasteiger partial charge in [-0.2, -0.15) is 0 Å². The summed E-state index contributed by atoms with van der Waals surface area (Å²) in [6.45, 7) is 6.24. The van der Waals surface area contributed by atoms with E-state index in [0.29, 0.717) is 0 Å². The Morgan fingerprint density at radius 3 is 2.70 bits per heavy atom. The highest BCUT2D eigenvalue weighted by molar-refractivity contribution is 5.48. The van der Waals surface area contributed by atoms with Gasteiger partial charge in [-0.15, -0.1) is 0 Å². The third kappa shape index (κ3) is 2.68. The van der Waals surface area contributed by atoms with Crippen molar-refractivity contribution in [1.82, 2.24) is 4.98 Å². The van der Waals surface area contributed by atoms with Gasteiger partial charge in [-0.05, 0) is 49.1 Å². The van der Waals surface area contributed by atoms with Crippen LogP contribution in [0.5, 0.6) is 5.75 Å². The van der Waals surface area contributed by atoms with Crippen molar-refractivity contribution >= 4 is 0 Å². The number of ether oxygens (including phenoxy) is 1. The molecule has 20 heavy (non-hydrogen) atoms. The number of nitrogens with two attached hydrogens (primary N) is 1. The summed E-state index contributed by atoms with van der Waals surface area (Å²) in [5.74, 6) is 0.836. The Labute approximate surface area is 120 Å². The van der Waals surface area contributed by atoms with E-state index in [2.05, 4.69) is 37.9 Å². The van der Waals surface area contributed by atoms with Crippen molar-refractivity contribution < 1.29 is 4.74 Å². The van der Waals surface area contributed by atoms with Gasteiger partial charge in [0.1, 0.15) is 5.75 Å². The van der Waals surface area contributed by atoms with Gasteiger partial charge in [0.05, 0.1) is 18.8 Å². The summed E-state index contributed by atoms with van der Waals surface area (Å²) in [4.78, 5) is 4.48. The standard InChI is InChI=1S/C17H22N2O/c1-5-13-7-6-8-19-17(13)16(18)15-12(3)9-11(2)10-14(15)20-4/h6-10,16H,5,18H2,1-4H3. The van der Waals surface area contributed by atoms with Crippen LogP contribution >= 0.6 is 0 Å². The Balaban J connectivity index is 2.56. The topological polar surface area (TPSA) is 48.1 Å². The highest BCUT2D eigenvalue weighted by Crippen LogP contribution is 2.32. The lowest BCUT2D eigenvalue weighted by Gasteiger charge is -2.20. The number of aryl methyl sites for hydroxylation is 3. The van der Waals surface area contributed by atoms with E-state index >= 15 is 0 Å². The Kier molecular flexibility index (Phi) is 4.40. The molecule has 0 spiro atoms. The third-order valence-electron chi connectivity index (χ3n) is 3.63. The number of hydrogen-bond donors (Lipinski definition) is 1. The molecule has 0 radical (unpaired) electrons. The molecular weight excluding hydrogens is 248 g/mol. The van der Waals surface area contributed by atoms with Crippen LogP contribution in [0.1, 0.15) is 40.9 Å². The number of aromatic nitrogens is 1. The number of methoxy groups -OCH3 is 1. The van der Waals surface area contributed by atoms with Gasteiger partial charge in [-0.1, -0.05) is 19.1 Å². The maximum atomic E-state index is 6.48. The molecule has 0 saturated carbocycles. The maximum Gasteiger partial charge on any atom is 0.124 e. The molecule has 1 atom stereocenters. The van der Waals surface area contributed by atoms with Gasteiger partial charge in [-0.3, -0.25) is 4.98 Å². The lowest BCUT2D eigenvalue weighted by molar-refractivity contribution is 0.406. The summed E-state index contributed by atoms with van der Waals surface area (Å²) in [7, 11) is 1.68. The predicted octanol–water partition coefficient (Wildman–Crippen LogP) is 3.32. The van der Waals surface area contributed by atoms with Gasteiger partial charge >= 0.3 is 0 Å². The molecule has 0 aliphatic carbocycles. The van der Waals surface area contributed by atoms with E-state index in [-0.39, 0.29) is 6.04 Å². The largest absolute Gasteiger partial charge is 0.496 e. The third-order valence-corrected chi connectivity index (χ3v) is 3.63. The summed E-state index contributed by atoms with van der Waals surface area (Å²) in [5, 5.41) is 0. The zero-order valence-corrected chi connectivity index (χ0v) is 12.6. The van der Waals surface area contributed by atoms with Gasteiger partial charge in [0.2, 0.25) is 0 Å². The fraction of sp³-hybridized carbons (Fsp3) is 0.353. The zero-order chi connectivity index (χ0) is 14.7. The molecule has 2 rings (SSSR count). The normalized spacial score (nSPS) is 12.2. The molecule has 3 heteroatoms. The summed E-state index contributed by atoms with van der Waals surface area (Å²) in [6.07, 6.45) is 2.72. The van der Waals surface area contributed by atoms with E-state index in [9.17, 15) is 0 Å². The minimum Gasteiger partial charge on any atom is -0.496 e. The molecule has 0 fully saturated rings. The molecule has 0 bridgehead atoms. The van der Waals surface area contributed by atoms with Gasteiger partial charge in [-0.25, -0.2) is 0 Å². The van der Waals surface area contributed by atoms with Crippen molar-refractivity contribution in [2.24, 2.45) is 5.73 Å². The molecule has 0 aliphatic rings. The average Bonchev–Trinajstić information content (AvgIpc) is 2.45. The lowest BCUT2D eigenvalue weighted by Crippen LogP contribution is -2.18. The monoisotopic (exact) mass is 270 g/mol. The van der Waals surface area contributed by atoms with E-state index in [1.165, 1.54) is 11.1 Å². The molecule has 2 N–H and O–H groups in total. The summed E-state index contributed by atoms with van der Waals surface area (Å²) < 4.78 is 5.52. The van der Waals surface area contributed by atoms with Crippen LogP contribution in [0.25, 0.3) is 0 Å². The maximum absolute atomic E-state index is 6.48. The Morgan fingerprint density at radius 1 is 1.30 bits per heavy atom. The van der Waals surface area contributed by atoms with Crippen molar-refractivity contribution in [2.45, 2.75) is 33.2 Å². The number of hydrogen-bond acceptors (Lipinski definition) is 3. The smallest absolute Gasteiger partial charge is 0.124 e. The van der Waals surface area contributed by atoms with E-state index in [1.807, 2.05) is 12.1 Å². The molecule has 1 heterocycles. The Hall–Kier alpha value is -1.87. The van der Waals surface area contributed by atoms with Crippen LogP contribution in [0.2, 0.25) is 0 Å². The number of benzene rings is 1. The summed E-state index contributed by atoms with van der Waals surface area (Å²) in [6, 6.07) is 7.93. The Bertz CT molecular complexity index is 608. The molecule has 2 aromatic rings. The second-order valence-electron chi connectivity index (χ2n) is 5.08. The first-order valence-corrected chi connectivity index (χ1v) is 6.93. The first-order chi connectivity index (χ1) is 9.58. The molecule has 106 valence electrons. The van der Waals surface area contributed by atoms with Crippen LogP contribution in [0.15, 0.2) is 30.5 Å². The first-order valence-electron chi connectivity index (χ1n) is 6.93. The highest BCUT2D eigenvalue weighted by atomic mass is 16.5. The van der Waals surface area contributed by atoms with Crippen molar-refractivity contribution in [1.29, 1.82) is 0 Å². The molecular formula is C17H22N2O. The van der Waals surface area contributed by atoms with Crippen LogP contribution in [-0.4, -0.2) is 12.1 Å². The molecule has 0 saturated heterocycles. The van der Waals surface area contributed by atoms with Crippen LogP contribution in [0.4, 0.5) is 0 Å². The number of nitrogens with zero attached hydrogens (tertiary/aromatic N) is 1. The second kappa shape index (κ2) is 6.06. The quantitative estimate of drug-likeness (QED) is 0.927. The SMILES string of the molecule is CCc1cccnc1C(N)c1c(C)cc(C)cc1OC. The van der Waals surface area contributed by atoms with E-state index in [1.54, 1.807) is 13.3 Å². The first kappa shape index (κ1) is 14.5. The second-order valence-corrected chi connectivity index (χ2v) is 5.08. The van der Waals surface area contributed by atoms with E-state index < -0.39 is 0 Å². The zero-order valence-electron chi connectivity index (χ0n) is 12.6. The summed E-state index contributed by atoms with van der Waals surface area (Å²) in [5.41, 5.74) is 11.9. The lowest BCUT2D eigenvalue weighted by atomic mass is 9.93. The fourth-order valence-corrected chi connectivity index (χ4v) is 2.67. The van der Waals surface area contributed by atoms with E-state index in [0.717, 1.165) is 29.0 Å². The number of rotatable bonds is 4. The van der Waals surface area contributed by atoms with Crippen molar-refractivity contribution in [3.05, 3.63) is 58.4 Å². The van der Waals surface area contributed by atoms with Gasteiger partial charge in [0, 0.05) is 11.8 Å². The average molecular weight is 270 g/mol. The van der Waals surface area contributed by atoms with Crippen molar-refractivity contribution in [3.8, 4) is 5.75 Å². The summed E-state index contributed by atoms with van der Waals surface area (Å²) >= 11 is 0.